The van der Waals surface area contributed by atoms with E-state index in [1.807, 2.05) is 12.3 Å². The minimum Gasteiger partial charge on any atom is -0.308 e. The molecule has 1 unspecified atom stereocenters. The predicted octanol–water partition coefficient (Wildman–Crippen LogP) is 4.44. The summed E-state index contributed by atoms with van der Waals surface area (Å²) < 4.78 is 1.12. The molecule has 0 radical (unpaired) electrons. The molecule has 1 atom stereocenters. The van der Waals surface area contributed by atoms with Crippen LogP contribution in [0.25, 0.3) is 0 Å². The quantitative estimate of drug-likeness (QED) is 0.846. The number of nitrogens with zero attached hydrogens (tertiary/aromatic N) is 1. The molecular formula is C17H21BrN2. The van der Waals surface area contributed by atoms with Crippen LogP contribution in [0.5, 0.6) is 0 Å². The van der Waals surface area contributed by atoms with Crippen molar-refractivity contribution in [3.63, 3.8) is 0 Å². The van der Waals surface area contributed by atoms with Gasteiger partial charge in [0.1, 0.15) is 0 Å². The molecule has 0 fully saturated rings. The molecule has 0 saturated carbocycles. The highest BCUT2D eigenvalue weighted by atomic mass is 79.9. The zero-order chi connectivity index (χ0) is 14.4. The maximum Gasteiger partial charge on any atom is 0.0605 e. The second kappa shape index (κ2) is 7.55. The highest BCUT2D eigenvalue weighted by molar-refractivity contribution is 9.10. The summed E-state index contributed by atoms with van der Waals surface area (Å²) in [7, 11) is 0. The fourth-order valence-corrected chi connectivity index (χ4v) is 2.57. The number of pyridine rings is 1. The van der Waals surface area contributed by atoms with Gasteiger partial charge < -0.3 is 5.32 Å². The van der Waals surface area contributed by atoms with E-state index in [1.165, 1.54) is 11.1 Å². The molecule has 0 bridgehead atoms. The lowest BCUT2D eigenvalue weighted by Crippen LogP contribution is -2.25. The van der Waals surface area contributed by atoms with Gasteiger partial charge >= 0.3 is 0 Å². The van der Waals surface area contributed by atoms with E-state index in [2.05, 4.69) is 70.4 Å². The lowest BCUT2D eigenvalue weighted by atomic mass is 10.00. The predicted molar refractivity (Wildman–Crippen MR) is 87.9 cm³/mol. The zero-order valence-corrected chi connectivity index (χ0v) is 13.7. The Morgan fingerprint density at radius 2 is 1.95 bits per heavy atom. The summed E-state index contributed by atoms with van der Waals surface area (Å²) in [5.74, 6) is 0. The van der Waals surface area contributed by atoms with Crippen molar-refractivity contribution in [2.45, 2.75) is 32.7 Å². The molecule has 20 heavy (non-hydrogen) atoms. The molecule has 2 nitrogen and oxygen atoms in total. The number of halogens is 1. The summed E-state index contributed by atoms with van der Waals surface area (Å²) >= 11 is 3.48. The molecule has 0 spiro atoms. The maximum absolute atomic E-state index is 4.57. The summed E-state index contributed by atoms with van der Waals surface area (Å²) in [6.07, 6.45) is 3.97. The Hall–Kier alpha value is -1.19. The van der Waals surface area contributed by atoms with Crippen LogP contribution in [0.3, 0.4) is 0 Å². The van der Waals surface area contributed by atoms with Gasteiger partial charge in [0.15, 0.2) is 0 Å². The number of aryl methyl sites for hydroxylation is 1. The molecule has 0 amide bonds. The van der Waals surface area contributed by atoms with Gasteiger partial charge in [-0.2, -0.15) is 0 Å². The first-order valence-electron chi connectivity index (χ1n) is 7.10. The third-order valence-corrected chi connectivity index (χ3v) is 3.90. The molecule has 1 aromatic heterocycles. The van der Waals surface area contributed by atoms with Crippen LogP contribution >= 0.6 is 15.9 Å². The van der Waals surface area contributed by atoms with Crippen molar-refractivity contribution in [2.75, 3.05) is 6.54 Å². The minimum atomic E-state index is 0.275. The molecule has 1 N–H and O–H groups in total. The van der Waals surface area contributed by atoms with Crippen molar-refractivity contribution in [2.24, 2.45) is 0 Å². The van der Waals surface area contributed by atoms with Gasteiger partial charge in [0, 0.05) is 10.7 Å². The second-order valence-electron chi connectivity index (χ2n) is 5.04. The van der Waals surface area contributed by atoms with Crippen LogP contribution in [0, 0.1) is 6.92 Å². The first-order chi connectivity index (χ1) is 9.70. The third-order valence-electron chi connectivity index (χ3n) is 3.37. The Balaban J connectivity index is 2.19. The molecule has 0 aliphatic heterocycles. The SMILES string of the molecule is CCCNC(Cc1ccc(Br)cc1)c1ncccc1C. The van der Waals surface area contributed by atoms with Gasteiger partial charge in [-0.05, 0) is 55.6 Å². The normalized spacial score (nSPS) is 12.3. The van der Waals surface area contributed by atoms with Crippen LogP contribution in [-0.2, 0) is 6.42 Å². The Bertz CT molecular complexity index is 537. The molecule has 3 heteroatoms. The number of benzene rings is 1. The molecular weight excluding hydrogens is 312 g/mol. The van der Waals surface area contributed by atoms with E-state index in [0.29, 0.717) is 0 Å². The highest BCUT2D eigenvalue weighted by Gasteiger charge is 2.14. The van der Waals surface area contributed by atoms with Gasteiger partial charge in [0.05, 0.1) is 11.7 Å². The van der Waals surface area contributed by atoms with Crippen LogP contribution in [0.2, 0.25) is 0 Å². The van der Waals surface area contributed by atoms with Crippen LogP contribution < -0.4 is 5.32 Å². The Labute approximate surface area is 129 Å². The van der Waals surface area contributed by atoms with Gasteiger partial charge in [-0.25, -0.2) is 0 Å². The average molecular weight is 333 g/mol. The number of hydrogen-bond acceptors (Lipinski definition) is 2. The van der Waals surface area contributed by atoms with E-state index >= 15 is 0 Å². The molecule has 0 aliphatic rings. The summed E-state index contributed by atoms with van der Waals surface area (Å²) in [6, 6.07) is 12.9. The van der Waals surface area contributed by atoms with E-state index in [1.54, 1.807) is 0 Å². The van der Waals surface area contributed by atoms with Gasteiger partial charge in [-0.1, -0.05) is 41.1 Å². The van der Waals surface area contributed by atoms with E-state index in [-0.39, 0.29) is 6.04 Å². The van der Waals surface area contributed by atoms with Crippen LogP contribution in [0.1, 0.15) is 36.2 Å². The van der Waals surface area contributed by atoms with Crippen LogP contribution in [0.15, 0.2) is 47.1 Å². The van der Waals surface area contributed by atoms with Crippen molar-refractivity contribution in [1.29, 1.82) is 0 Å². The number of hydrogen-bond donors (Lipinski definition) is 1. The molecule has 1 aromatic carbocycles. The van der Waals surface area contributed by atoms with Crippen molar-refractivity contribution in [1.82, 2.24) is 10.3 Å². The summed E-state index contributed by atoms with van der Waals surface area (Å²) in [4.78, 5) is 4.57. The summed E-state index contributed by atoms with van der Waals surface area (Å²) in [5.41, 5.74) is 3.73. The first-order valence-corrected chi connectivity index (χ1v) is 7.89. The topological polar surface area (TPSA) is 24.9 Å². The fourth-order valence-electron chi connectivity index (χ4n) is 2.30. The van der Waals surface area contributed by atoms with Crippen molar-refractivity contribution < 1.29 is 0 Å². The van der Waals surface area contributed by atoms with Gasteiger partial charge in [-0.3, -0.25) is 4.98 Å². The lowest BCUT2D eigenvalue weighted by molar-refractivity contribution is 0.515. The van der Waals surface area contributed by atoms with E-state index < -0.39 is 0 Å². The van der Waals surface area contributed by atoms with E-state index in [0.717, 1.165) is 29.6 Å². The van der Waals surface area contributed by atoms with Gasteiger partial charge in [0.25, 0.3) is 0 Å². The molecule has 0 saturated heterocycles. The van der Waals surface area contributed by atoms with Crippen LogP contribution in [0.4, 0.5) is 0 Å². The van der Waals surface area contributed by atoms with Crippen molar-refractivity contribution >= 4 is 15.9 Å². The summed E-state index contributed by atoms with van der Waals surface area (Å²) in [6.45, 7) is 5.33. The fraction of sp³-hybridized carbons (Fsp3) is 0.353. The standard InChI is InChI=1S/C17H21BrN2/c1-3-10-19-16(17-13(2)5-4-11-20-17)12-14-6-8-15(18)9-7-14/h4-9,11,16,19H,3,10,12H2,1-2H3. The minimum absolute atomic E-state index is 0.275. The van der Waals surface area contributed by atoms with Crippen molar-refractivity contribution in [3.05, 3.63) is 63.9 Å². The summed E-state index contributed by atoms with van der Waals surface area (Å²) in [5, 5.41) is 3.62. The smallest absolute Gasteiger partial charge is 0.0605 e. The Morgan fingerprint density at radius 3 is 2.60 bits per heavy atom. The molecule has 1 heterocycles. The van der Waals surface area contributed by atoms with Crippen molar-refractivity contribution in [3.8, 4) is 0 Å². The lowest BCUT2D eigenvalue weighted by Gasteiger charge is -2.20. The van der Waals surface area contributed by atoms with Crippen LogP contribution in [-0.4, -0.2) is 11.5 Å². The maximum atomic E-state index is 4.57. The van der Waals surface area contributed by atoms with Gasteiger partial charge in [-0.15, -0.1) is 0 Å². The first kappa shape index (κ1) is 15.2. The van der Waals surface area contributed by atoms with E-state index in [4.69, 9.17) is 0 Å². The molecule has 106 valence electrons. The van der Waals surface area contributed by atoms with Gasteiger partial charge in [0.2, 0.25) is 0 Å². The number of aromatic nitrogens is 1. The Kier molecular flexibility index (Phi) is 5.74. The Morgan fingerprint density at radius 1 is 1.20 bits per heavy atom. The largest absolute Gasteiger partial charge is 0.308 e. The zero-order valence-electron chi connectivity index (χ0n) is 12.1. The van der Waals surface area contributed by atoms with E-state index in [9.17, 15) is 0 Å². The average Bonchev–Trinajstić information content (AvgIpc) is 2.46. The molecule has 0 aliphatic carbocycles. The monoisotopic (exact) mass is 332 g/mol. The second-order valence-corrected chi connectivity index (χ2v) is 5.96. The third kappa shape index (κ3) is 4.15. The highest BCUT2D eigenvalue weighted by Crippen LogP contribution is 2.21. The number of nitrogens with one attached hydrogen (secondary N) is 1. The molecule has 2 rings (SSSR count). The number of rotatable bonds is 6. The molecule has 2 aromatic rings.